The van der Waals surface area contributed by atoms with Crippen molar-refractivity contribution in [3.63, 3.8) is 0 Å². The quantitative estimate of drug-likeness (QED) is 0.271. The number of aliphatic hydroxyl groups is 2. The number of ketones is 2. The van der Waals surface area contributed by atoms with Crippen LogP contribution in [0.5, 0.6) is 11.6 Å². The third-order valence-corrected chi connectivity index (χ3v) is 10.4. The number of nitrogens with zero attached hydrogens (tertiary/aromatic N) is 4. The topological polar surface area (TPSA) is 148 Å². The molecule has 0 spiro atoms. The van der Waals surface area contributed by atoms with Crippen molar-refractivity contribution >= 4 is 17.4 Å². The van der Waals surface area contributed by atoms with E-state index in [1.54, 1.807) is 0 Å². The number of allylic oxidation sites excluding steroid dienone is 1. The van der Waals surface area contributed by atoms with Gasteiger partial charge in [-0.05, 0) is 35.0 Å². The maximum Gasteiger partial charge on any atom is 0.265 e. The average Bonchev–Trinajstić information content (AvgIpc) is 3.56. The Hall–Kier alpha value is -5.04. The lowest BCUT2D eigenvalue weighted by Crippen LogP contribution is -2.60. The summed E-state index contributed by atoms with van der Waals surface area (Å²) in [7, 11) is 3.72. The monoisotopic (exact) mass is 678 g/mol. The molecule has 8 rings (SSSR count). The van der Waals surface area contributed by atoms with Crippen LogP contribution in [0.4, 0.5) is 5.82 Å². The third kappa shape index (κ3) is 5.17. The van der Waals surface area contributed by atoms with Gasteiger partial charge in [0.25, 0.3) is 5.88 Å². The van der Waals surface area contributed by atoms with Crippen LogP contribution < -0.4 is 14.4 Å². The van der Waals surface area contributed by atoms with E-state index in [2.05, 4.69) is 15.0 Å². The number of ether oxygens (including phenoxy) is 3. The van der Waals surface area contributed by atoms with Gasteiger partial charge < -0.3 is 33.8 Å². The van der Waals surface area contributed by atoms with Gasteiger partial charge in [-0.2, -0.15) is 0 Å². The molecule has 0 amide bonds. The standard InChI is InChI=1S/C38H38N4O8/c1-41(2)36-25-17-24-18-26-31(42-13-15-47-16-14-42)33-30(37(40-50-33)49-21-23-11-7-4-8-12-23)35(45)38(26,46)34(44)28(24)32(43)29(25)27(19-39-36)48-20-22-9-5-3-6-10-22/h3-12,19,24,26,31,44,46H,13-18,20-21H2,1-2H3/t24-,26-,31-,38-/m0/s1. The largest absolute Gasteiger partial charge is 0.508 e. The van der Waals surface area contributed by atoms with Gasteiger partial charge in [-0.1, -0.05) is 60.7 Å². The Bertz CT molecular complexity index is 1970. The molecule has 1 fully saturated rings. The summed E-state index contributed by atoms with van der Waals surface area (Å²) in [6, 6.07) is 18.3. The van der Waals surface area contributed by atoms with E-state index in [9.17, 15) is 19.8 Å². The number of benzene rings is 2. The van der Waals surface area contributed by atoms with Crippen molar-refractivity contribution in [2.24, 2.45) is 11.8 Å². The van der Waals surface area contributed by atoms with Crippen LogP contribution in [0, 0.1) is 11.8 Å². The highest BCUT2D eigenvalue weighted by Crippen LogP contribution is 2.57. The number of pyridine rings is 1. The minimum atomic E-state index is -2.44. The van der Waals surface area contributed by atoms with Crippen molar-refractivity contribution < 1.29 is 38.5 Å². The number of carbonyl (C=O) groups is 2. The first-order chi connectivity index (χ1) is 24.3. The number of aliphatic hydroxyl groups excluding tert-OH is 1. The molecule has 2 aromatic carbocycles. The summed E-state index contributed by atoms with van der Waals surface area (Å²) in [5.41, 5.74) is 0.266. The SMILES string of the molecule is CN(C)c1ncc(OCc2ccccc2)c2c1C[C@H]1C[C@H]3[C@H](N4CCOCC4)c4onc(OCc5ccccc5)c4C(=O)[C@@]3(O)C(O)=C1C2=O. The Balaban J connectivity index is 1.23. The molecule has 4 aliphatic rings. The van der Waals surface area contributed by atoms with E-state index < -0.39 is 40.8 Å². The lowest BCUT2D eigenvalue weighted by atomic mass is 9.58. The Morgan fingerprint density at radius 2 is 1.62 bits per heavy atom. The summed E-state index contributed by atoms with van der Waals surface area (Å²) in [6.07, 6.45) is 2.08. The van der Waals surface area contributed by atoms with E-state index in [0.29, 0.717) is 44.1 Å². The molecule has 12 heteroatoms. The van der Waals surface area contributed by atoms with Crippen molar-refractivity contribution in [2.75, 3.05) is 45.3 Å². The summed E-state index contributed by atoms with van der Waals surface area (Å²) in [4.78, 5) is 37.8. The van der Waals surface area contributed by atoms with E-state index in [0.717, 1.165) is 11.1 Å². The number of morpholine rings is 1. The molecule has 258 valence electrons. The van der Waals surface area contributed by atoms with Crippen LogP contribution >= 0.6 is 0 Å². The molecule has 3 heterocycles. The second-order valence-corrected chi connectivity index (χ2v) is 13.5. The fourth-order valence-corrected chi connectivity index (χ4v) is 8.03. The molecule has 0 bridgehead atoms. The predicted octanol–water partition coefficient (Wildman–Crippen LogP) is 4.48. The number of rotatable bonds is 8. The second-order valence-electron chi connectivity index (χ2n) is 13.5. The number of Topliss-reactive ketones (excluding diaryl/α,β-unsaturated/α-hetero) is 2. The summed E-state index contributed by atoms with van der Waals surface area (Å²) >= 11 is 0. The molecule has 0 radical (unpaired) electrons. The van der Waals surface area contributed by atoms with Crippen LogP contribution in [0.1, 0.15) is 55.6 Å². The number of aromatic nitrogens is 2. The minimum absolute atomic E-state index is 0.0115. The van der Waals surface area contributed by atoms with Crippen LogP contribution in [0.2, 0.25) is 0 Å². The van der Waals surface area contributed by atoms with E-state index in [4.69, 9.17) is 18.7 Å². The molecule has 0 saturated carbocycles. The lowest BCUT2D eigenvalue weighted by molar-refractivity contribution is -0.0807. The summed E-state index contributed by atoms with van der Waals surface area (Å²) in [6.45, 7) is 2.21. The molecule has 4 aromatic rings. The normalized spacial score (nSPS) is 24.6. The molecule has 1 saturated heterocycles. The van der Waals surface area contributed by atoms with Gasteiger partial charge in [0, 0.05) is 44.2 Å². The number of fused-ring (bicyclic) bond motifs is 4. The first kappa shape index (κ1) is 32.2. The maximum atomic E-state index is 14.6. The molecule has 2 N–H and O–H groups in total. The van der Waals surface area contributed by atoms with Gasteiger partial charge in [-0.25, -0.2) is 4.98 Å². The van der Waals surface area contributed by atoms with Crippen LogP contribution in [-0.2, 0) is 24.4 Å². The summed E-state index contributed by atoms with van der Waals surface area (Å²) < 4.78 is 23.7. The van der Waals surface area contributed by atoms with Crippen LogP contribution in [-0.4, -0.2) is 82.8 Å². The van der Waals surface area contributed by atoms with E-state index in [-0.39, 0.29) is 53.7 Å². The Morgan fingerprint density at radius 1 is 0.960 bits per heavy atom. The minimum Gasteiger partial charge on any atom is -0.508 e. The van der Waals surface area contributed by atoms with Gasteiger partial charge in [0.05, 0.1) is 31.0 Å². The van der Waals surface area contributed by atoms with Gasteiger partial charge in [0.2, 0.25) is 5.78 Å². The van der Waals surface area contributed by atoms with E-state index in [1.165, 1.54) is 6.20 Å². The van der Waals surface area contributed by atoms with Gasteiger partial charge in [0.1, 0.15) is 36.1 Å². The maximum absolute atomic E-state index is 14.6. The third-order valence-electron chi connectivity index (χ3n) is 10.4. The zero-order valence-corrected chi connectivity index (χ0v) is 27.9. The van der Waals surface area contributed by atoms with Crippen molar-refractivity contribution in [3.8, 4) is 11.6 Å². The Kier molecular flexibility index (Phi) is 8.17. The fraction of sp³-hybridized carbons (Fsp3) is 0.368. The highest BCUT2D eigenvalue weighted by molar-refractivity contribution is 6.16. The highest BCUT2D eigenvalue weighted by atomic mass is 16.5. The van der Waals surface area contributed by atoms with Gasteiger partial charge in [-0.15, -0.1) is 0 Å². The van der Waals surface area contributed by atoms with Crippen molar-refractivity contribution in [2.45, 2.75) is 37.7 Å². The molecule has 2 aromatic heterocycles. The van der Waals surface area contributed by atoms with E-state index >= 15 is 0 Å². The summed E-state index contributed by atoms with van der Waals surface area (Å²) in [5, 5.41) is 29.0. The highest BCUT2D eigenvalue weighted by Gasteiger charge is 2.64. The molecule has 50 heavy (non-hydrogen) atoms. The summed E-state index contributed by atoms with van der Waals surface area (Å²) in [5.74, 6) is -2.23. The number of hydrogen-bond donors (Lipinski definition) is 2. The van der Waals surface area contributed by atoms with Gasteiger partial charge in [0.15, 0.2) is 17.1 Å². The smallest absolute Gasteiger partial charge is 0.265 e. The Labute approximate surface area is 288 Å². The van der Waals surface area contributed by atoms with Gasteiger partial charge >= 0.3 is 0 Å². The second kappa shape index (κ2) is 12.7. The molecular weight excluding hydrogens is 640 g/mol. The molecule has 0 unspecified atom stereocenters. The first-order valence-electron chi connectivity index (χ1n) is 16.9. The first-order valence-corrected chi connectivity index (χ1v) is 16.9. The van der Waals surface area contributed by atoms with Crippen LogP contribution in [0.3, 0.4) is 0 Å². The Morgan fingerprint density at radius 3 is 2.28 bits per heavy atom. The molecule has 4 atom stereocenters. The van der Waals surface area contributed by atoms with Gasteiger partial charge in [-0.3, -0.25) is 14.5 Å². The lowest BCUT2D eigenvalue weighted by Gasteiger charge is -2.51. The number of anilines is 1. The zero-order valence-electron chi connectivity index (χ0n) is 27.9. The fourth-order valence-electron chi connectivity index (χ4n) is 8.03. The van der Waals surface area contributed by atoms with E-state index in [1.807, 2.05) is 79.7 Å². The predicted molar refractivity (Wildman–Crippen MR) is 180 cm³/mol. The van der Waals surface area contributed by atoms with Crippen molar-refractivity contribution in [3.05, 3.63) is 112 Å². The molecule has 1 aliphatic heterocycles. The van der Waals surface area contributed by atoms with Crippen molar-refractivity contribution in [1.29, 1.82) is 0 Å². The average molecular weight is 679 g/mol. The molecular formula is C38H38N4O8. The zero-order chi connectivity index (χ0) is 34.6. The van der Waals surface area contributed by atoms with Crippen LogP contribution in [0.25, 0.3) is 0 Å². The number of hydrogen-bond acceptors (Lipinski definition) is 12. The van der Waals surface area contributed by atoms with Crippen LogP contribution in [0.15, 0.2) is 82.7 Å². The number of carbonyl (C=O) groups excluding carboxylic acids is 2. The molecule has 12 nitrogen and oxygen atoms in total. The molecule has 3 aliphatic carbocycles. The van der Waals surface area contributed by atoms with Crippen molar-refractivity contribution in [1.82, 2.24) is 15.0 Å².